The maximum absolute atomic E-state index is 9.26. The minimum atomic E-state index is -0.397. The molecule has 1 heterocycles. The largest absolute Gasteiger partial charge is 0.379 e. The Kier molecular flexibility index (Phi) is 2.26. The highest BCUT2D eigenvalue weighted by Crippen LogP contribution is 2.34. The molecule has 0 bridgehead atoms. The third-order valence-electron chi connectivity index (χ3n) is 2.90. The fourth-order valence-corrected chi connectivity index (χ4v) is 2.04. The highest BCUT2D eigenvalue weighted by molar-refractivity contribution is 5.39. The Morgan fingerprint density at radius 3 is 2.79 bits per heavy atom. The van der Waals surface area contributed by atoms with Crippen molar-refractivity contribution >= 4 is 0 Å². The van der Waals surface area contributed by atoms with Gasteiger partial charge in [-0.2, -0.15) is 5.26 Å². The SMILES string of the molecule is Cc1ccccc1[C@@]1(C#N)CCOC1. The van der Waals surface area contributed by atoms with Crippen molar-refractivity contribution in [2.24, 2.45) is 0 Å². The van der Waals surface area contributed by atoms with Crippen molar-refractivity contribution in [3.05, 3.63) is 35.4 Å². The van der Waals surface area contributed by atoms with E-state index in [0.717, 1.165) is 12.0 Å². The van der Waals surface area contributed by atoms with Crippen molar-refractivity contribution in [1.82, 2.24) is 0 Å². The summed E-state index contributed by atoms with van der Waals surface area (Å²) in [6, 6.07) is 10.5. The Bertz CT molecular complexity index is 372. The summed E-state index contributed by atoms with van der Waals surface area (Å²) in [5.41, 5.74) is 1.91. The molecule has 2 nitrogen and oxygen atoms in total. The third-order valence-corrected chi connectivity index (χ3v) is 2.90. The molecular weight excluding hydrogens is 174 g/mol. The summed E-state index contributed by atoms with van der Waals surface area (Å²) in [5, 5.41) is 9.26. The number of benzene rings is 1. The summed E-state index contributed by atoms with van der Waals surface area (Å²) < 4.78 is 5.34. The van der Waals surface area contributed by atoms with Gasteiger partial charge in [-0.3, -0.25) is 0 Å². The zero-order valence-electron chi connectivity index (χ0n) is 8.29. The van der Waals surface area contributed by atoms with E-state index < -0.39 is 5.41 Å². The van der Waals surface area contributed by atoms with Crippen LogP contribution in [0.1, 0.15) is 17.5 Å². The third kappa shape index (κ3) is 1.30. The first-order valence-corrected chi connectivity index (χ1v) is 4.84. The Morgan fingerprint density at radius 2 is 2.21 bits per heavy atom. The molecule has 0 N–H and O–H groups in total. The van der Waals surface area contributed by atoms with Gasteiger partial charge in [0.2, 0.25) is 0 Å². The number of ether oxygens (including phenoxy) is 1. The molecule has 0 aromatic heterocycles. The lowest BCUT2D eigenvalue weighted by molar-refractivity contribution is 0.186. The Morgan fingerprint density at radius 1 is 1.43 bits per heavy atom. The molecule has 1 aliphatic rings. The molecule has 0 amide bonds. The molecule has 0 radical (unpaired) electrons. The van der Waals surface area contributed by atoms with E-state index in [9.17, 15) is 5.26 Å². The van der Waals surface area contributed by atoms with Crippen LogP contribution in [0.2, 0.25) is 0 Å². The maximum Gasteiger partial charge on any atom is 0.108 e. The molecule has 2 rings (SSSR count). The van der Waals surface area contributed by atoms with Crippen molar-refractivity contribution in [3.63, 3.8) is 0 Å². The number of nitriles is 1. The molecule has 0 unspecified atom stereocenters. The average Bonchev–Trinajstić information content (AvgIpc) is 2.68. The zero-order chi connectivity index (χ0) is 10.0. The predicted molar refractivity (Wildman–Crippen MR) is 53.9 cm³/mol. The first-order valence-electron chi connectivity index (χ1n) is 4.84. The predicted octanol–water partition coefficient (Wildman–Crippen LogP) is 2.18. The fourth-order valence-electron chi connectivity index (χ4n) is 2.04. The van der Waals surface area contributed by atoms with Crippen molar-refractivity contribution in [1.29, 1.82) is 5.26 Å². The molecule has 14 heavy (non-hydrogen) atoms. The molecule has 1 aromatic carbocycles. The quantitative estimate of drug-likeness (QED) is 0.675. The standard InChI is InChI=1S/C12H13NO/c1-10-4-2-3-5-11(10)12(8-13)6-7-14-9-12/h2-5H,6-7,9H2,1H3/t12-/m1/s1. The van der Waals surface area contributed by atoms with Gasteiger partial charge in [-0.25, -0.2) is 0 Å². The van der Waals surface area contributed by atoms with E-state index in [2.05, 4.69) is 6.07 Å². The molecule has 1 atom stereocenters. The zero-order valence-corrected chi connectivity index (χ0v) is 8.29. The molecule has 1 aromatic rings. The average molecular weight is 187 g/mol. The lowest BCUT2D eigenvalue weighted by Gasteiger charge is -2.20. The summed E-state index contributed by atoms with van der Waals surface area (Å²) in [6.45, 7) is 3.28. The number of hydrogen-bond donors (Lipinski definition) is 0. The van der Waals surface area contributed by atoms with Gasteiger partial charge in [0.05, 0.1) is 12.7 Å². The topological polar surface area (TPSA) is 33.0 Å². The van der Waals surface area contributed by atoms with E-state index in [1.54, 1.807) is 0 Å². The van der Waals surface area contributed by atoms with Gasteiger partial charge in [-0.05, 0) is 24.5 Å². The fraction of sp³-hybridized carbons (Fsp3) is 0.417. The smallest absolute Gasteiger partial charge is 0.108 e. The van der Waals surface area contributed by atoms with Gasteiger partial charge < -0.3 is 4.74 Å². The minimum absolute atomic E-state index is 0.397. The van der Waals surface area contributed by atoms with Gasteiger partial charge in [0.1, 0.15) is 5.41 Å². The van der Waals surface area contributed by atoms with Crippen molar-refractivity contribution < 1.29 is 4.74 Å². The van der Waals surface area contributed by atoms with Crippen LogP contribution in [0.15, 0.2) is 24.3 Å². The van der Waals surface area contributed by atoms with Gasteiger partial charge in [-0.1, -0.05) is 24.3 Å². The Balaban J connectivity index is 2.47. The van der Waals surface area contributed by atoms with Gasteiger partial charge in [-0.15, -0.1) is 0 Å². The molecule has 1 saturated heterocycles. The first kappa shape index (κ1) is 9.23. The van der Waals surface area contributed by atoms with E-state index in [-0.39, 0.29) is 0 Å². The van der Waals surface area contributed by atoms with Crippen molar-refractivity contribution in [2.75, 3.05) is 13.2 Å². The van der Waals surface area contributed by atoms with E-state index >= 15 is 0 Å². The van der Waals surface area contributed by atoms with Crippen LogP contribution in [-0.2, 0) is 10.2 Å². The van der Waals surface area contributed by atoms with E-state index in [4.69, 9.17) is 4.74 Å². The van der Waals surface area contributed by atoms with Crippen LogP contribution >= 0.6 is 0 Å². The van der Waals surface area contributed by atoms with Crippen LogP contribution in [0.4, 0.5) is 0 Å². The number of nitrogens with zero attached hydrogens (tertiary/aromatic N) is 1. The second-order valence-corrected chi connectivity index (χ2v) is 3.81. The normalized spacial score (nSPS) is 26.0. The number of aryl methyl sites for hydroxylation is 1. The molecule has 0 aliphatic carbocycles. The number of rotatable bonds is 1. The summed E-state index contributed by atoms with van der Waals surface area (Å²) in [5.74, 6) is 0. The van der Waals surface area contributed by atoms with Crippen LogP contribution in [0, 0.1) is 18.3 Å². The molecule has 0 saturated carbocycles. The molecule has 1 aliphatic heterocycles. The number of hydrogen-bond acceptors (Lipinski definition) is 2. The van der Waals surface area contributed by atoms with Crippen molar-refractivity contribution in [3.8, 4) is 6.07 Å². The maximum atomic E-state index is 9.26. The summed E-state index contributed by atoms with van der Waals surface area (Å²) in [6.07, 6.45) is 0.814. The van der Waals surface area contributed by atoms with Gasteiger partial charge in [0.15, 0.2) is 0 Å². The van der Waals surface area contributed by atoms with Crippen LogP contribution < -0.4 is 0 Å². The van der Waals surface area contributed by atoms with Crippen LogP contribution in [0.3, 0.4) is 0 Å². The van der Waals surface area contributed by atoms with Crippen LogP contribution in [0.25, 0.3) is 0 Å². The second kappa shape index (κ2) is 3.43. The van der Waals surface area contributed by atoms with E-state index in [0.29, 0.717) is 13.2 Å². The highest BCUT2D eigenvalue weighted by atomic mass is 16.5. The molecule has 2 heteroatoms. The Hall–Kier alpha value is -1.33. The summed E-state index contributed by atoms with van der Waals surface area (Å²) in [4.78, 5) is 0. The van der Waals surface area contributed by atoms with E-state index in [1.807, 2.05) is 31.2 Å². The summed E-state index contributed by atoms with van der Waals surface area (Å²) in [7, 11) is 0. The molecule has 1 fully saturated rings. The van der Waals surface area contributed by atoms with Crippen LogP contribution in [-0.4, -0.2) is 13.2 Å². The monoisotopic (exact) mass is 187 g/mol. The second-order valence-electron chi connectivity index (χ2n) is 3.81. The van der Waals surface area contributed by atoms with Crippen molar-refractivity contribution in [2.45, 2.75) is 18.8 Å². The van der Waals surface area contributed by atoms with Gasteiger partial charge in [0.25, 0.3) is 0 Å². The van der Waals surface area contributed by atoms with Crippen LogP contribution in [0.5, 0.6) is 0 Å². The highest BCUT2D eigenvalue weighted by Gasteiger charge is 2.37. The molecular formula is C12H13NO. The molecule has 72 valence electrons. The van der Waals surface area contributed by atoms with E-state index in [1.165, 1.54) is 5.56 Å². The lowest BCUT2D eigenvalue weighted by Crippen LogP contribution is -2.25. The Labute approximate surface area is 84.1 Å². The summed E-state index contributed by atoms with van der Waals surface area (Å²) >= 11 is 0. The van der Waals surface area contributed by atoms with Gasteiger partial charge in [0, 0.05) is 6.61 Å². The van der Waals surface area contributed by atoms with Gasteiger partial charge >= 0.3 is 0 Å². The first-order chi connectivity index (χ1) is 6.78. The lowest BCUT2D eigenvalue weighted by atomic mass is 9.79. The molecule has 0 spiro atoms. The minimum Gasteiger partial charge on any atom is -0.379 e.